The van der Waals surface area contributed by atoms with Crippen LogP contribution in [0.25, 0.3) is 5.82 Å². The number of pyridine rings is 1. The van der Waals surface area contributed by atoms with E-state index in [1.165, 1.54) is 7.11 Å². The van der Waals surface area contributed by atoms with Crippen molar-refractivity contribution in [1.29, 1.82) is 0 Å². The zero-order valence-corrected chi connectivity index (χ0v) is 18.4. The molecule has 0 aliphatic carbocycles. The van der Waals surface area contributed by atoms with Gasteiger partial charge in [-0.15, -0.1) is 5.10 Å². The van der Waals surface area contributed by atoms with Crippen LogP contribution in [0.2, 0.25) is 0 Å². The molecule has 33 heavy (non-hydrogen) atoms. The molecule has 0 radical (unpaired) electrons. The molecule has 0 atom stereocenters. The Hall–Kier alpha value is -4.41. The molecule has 4 aromatic rings. The van der Waals surface area contributed by atoms with Crippen LogP contribution in [0.3, 0.4) is 0 Å². The Labute approximate surface area is 189 Å². The Bertz CT molecular complexity index is 1260. The molecule has 0 aliphatic rings. The van der Waals surface area contributed by atoms with Crippen LogP contribution in [-0.2, 0) is 13.0 Å². The molecule has 3 aromatic heterocycles. The number of nitrogens with two attached hydrogens (primary N) is 1. The first-order valence-electron chi connectivity index (χ1n) is 10.00. The molecule has 0 fully saturated rings. The minimum Gasteiger partial charge on any atom is -0.504 e. The van der Waals surface area contributed by atoms with Crippen LogP contribution in [0.1, 0.15) is 22.9 Å². The zero-order chi connectivity index (χ0) is 23.4. The van der Waals surface area contributed by atoms with E-state index in [0.29, 0.717) is 41.3 Å². The SMILES string of the molecule is COc1ccc(COc2cc(-n3nc(N)nc3Cc3ccc(O)c(OC)c3)nc(C)n2)nc1. The van der Waals surface area contributed by atoms with Gasteiger partial charge in [0.2, 0.25) is 11.8 Å². The molecule has 0 bridgehead atoms. The van der Waals surface area contributed by atoms with Crippen LogP contribution in [-0.4, -0.2) is 49.0 Å². The fourth-order valence-corrected chi connectivity index (χ4v) is 3.15. The van der Waals surface area contributed by atoms with Gasteiger partial charge < -0.3 is 25.1 Å². The van der Waals surface area contributed by atoms with Gasteiger partial charge in [-0.25, -0.2) is 4.98 Å². The van der Waals surface area contributed by atoms with Crippen molar-refractivity contribution in [2.24, 2.45) is 0 Å². The van der Waals surface area contributed by atoms with Crippen molar-refractivity contribution in [3.05, 3.63) is 65.5 Å². The molecule has 0 spiro atoms. The first-order valence-corrected chi connectivity index (χ1v) is 10.00. The number of benzene rings is 1. The first kappa shape index (κ1) is 21.8. The molecule has 0 saturated heterocycles. The van der Waals surface area contributed by atoms with Crippen molar-refractivity contribution < 1.29 is 19.3 Å². The number of anilines is 1. The average Bonchev–Trinajstić information content (AvgIpc) is 3.19. The minimum atomic E-state index is 0.0572. The molecule has 170 valence electrons. The summed E-state index contributed by atoms with van der Waals surface area (Å²) in [5, 5.41) is 14.1. The summed E-state index contributed by atoms with van der Waals surface area (Å²) in [4.78, 5) is 17.4. The molecule has 0 aliphatic heterocycles. The Morgan fingerprint density at radius 1 is 1.03 bits per heavy atom. The molecular weight excluding hydrogens is 426 g/mol. The average molecular weight is 449 g/mol. The molecule has 11 nitrogen and oxygen atoms in total. The van der Waals surface area contributed by atoms with E-state index in [1.807, 2.05) is 12.1 Å². The van der Waals surface area contributed by atoms with Gasteiger partial charge in [-0.2, -0.15) is 14.6 Å². The minimum absolute atomic E-state index is 0.0572. The van der Waals surface area contributed by atoms with E-state index in [-0.39, 0.29) is 18.3 Å². The third-order valence-electron chi connectivity index (χ3n) is 4.72. The van der Waals surface area contributed by atoms with Crippen LogP contribution in [0.4, 0.5) is 5.95 Å². The number of ether oxygens (including phenoxy) is 3. The van der Waals surface area contributed by atoms with Gasteiger partial charge in [0.05, 0.1) is 26.1 Å². The molecule has 3 N–H and O–H groups in total. The van der Waals surface area contributed by atoms with Crippen LogP contribution < -0.4 is 19.9 Å². The molecule has 11 heteroatoms. The van der Waals surface area contributed by atoms with E-state index < -0.39 is 0 Å². The fraction of sp³-hybridized carbons (Fsp3) is 0.227. The number of hydrogen-bond acceptors (Lipinski definition) is 10. The highest BCUT2D eigenvalue weighted by Crippen LogP contribution is 2.27. The van der Waals surface area contributed by atoms with E-state index >= 15 is 0 Å². The second-order valence-corrected chi connectivity index (χ2v) is 7.07. The molecule has 4 rings (SSSR count). The predicted molar refractivity (Wildman–Crippen MR) is 119 cm³/mol. The lowest BCUT2D eigenvalue weighted by atomic mass is 10.1. The van der Waals surface area contributed by atoms with Crippen LogP contribution >= 0.6 is 0 Å². The second kappa shape index (κ2) is 9.39. The summed E-state index contributed by atoms with van der Waals surface area (Å²) >= 11 is 0. The lowest BCUT2D eigenvalue weighted by Crippen LogP contribution is -2.09. The van der Waals surface area contributed by atoms with Crippen LogP contribution in [0.5, 0.6) is 23.1 Å². The van der Waals surface area contributed by atoms with Gasteiger partial charge >= 0.3 is 0 Å². The van der Waals surface area contributed by atoms with Gasteiger partial charge in [0.25, 0.3) is 0 Å². The number of phenolic OH excluding ortho intramolecular Hbond substituents is 1. The summed E-state index contributed by atoms with van der Waals surface area (Å²) in [5.41, 5.74) is 7.46. The van der Waals surface area contributed by atoms with Gasteiger partial charge in [0, 0.05) is 12.5 Å². The molecular formula is C22H23N7O4. The lowest BCUT2D eigenvalue weighted by molar-refractivity contribution is 0.287. The Balaban J connectivity index is 1.58. The zero-order valence-electron chi connectivity index (χ0n) is 18.4. The van der Waals surface area contributed by atoms with Gasteiger partial charge in [0.15, 0.2) is 17.3 Å². The van der Waals surface area contributed by atoms with E-state index in [1.54, 1.807) is 49.2 Å². The van der Waals surface area contributed by atoms with Crippen molar-refractivity contribution >= 4 is 5.95 Å². The van der Waals surface area contributed by atoms with Crippen LogP contribution in [0.15, 0.2) is 42.6 Å². The molecule has 0 amide bonds. The summed E-state index contributed by atoms with van der Waals surface area (Å²) in [6, 6.07) is 10.3. The number of rotatable bonds is 8. The largest absolute Gasteiger partial charge is 0.504 e. The number of phenols is 1. The van der Waals surface area contributed by atoms with Crippen LogP contribution in [0, 0.1) is 6.92 Å². The van der Waals surface area contributed by atoms with Crippen molar-refractivity contribution in [3.8, 4) is 28.9 Å². The number of hydrogen-bond donors (Lipinski definition) is 2. The maximum Gasteiger partial charge on any atom is 0.240 e. The monoisotopic (exact) mass is 449 g/mol. The summed E-state index contributed by atoms with van der Waals surface area (Å²) in [7, 11) is 3.08. The highest BCUT2D eigenvalue weighted by atomic mass is 16.5. The third kappa shape index (κ3) is 5.09. The number of aryl methyl sites for hydroxylation is 1. The Morgan fingerprint density at radius 3 is 2.61 bits per heavy atom. The van der Waals surface area contributed by atoms with Crippen molar-refractivity contribution in [1.82, 2.24) is 29.7 Å². The number of nitrogens with zero attached hydrogens (tertiary/aromatic N) is 6. The van der Waals surface area contributed by atoms with Gasteiger partial charge in [-0.05, 0) is 36.8 Å². The highest BCUT2D eigenvalue weighted by Gasteiger charge is 2.15. The number of nitrogen functional groups attached to an aromatic ring is 1. The Kier molecular flexibility index (Phi) is 6.20. The van der Waals surface area contributed by atoms with Crippen molar-refractivity contribution in [3.63, 3.8) is 0 Å². The molecule has 3 heterocycles. The smallest absolute Gasteiger partial charge is 0.240 e. The predicted octanol–water partition coefficient (Wildman–Crippen LogP) is 2.24. The maximum atomic E-state index is 9.84. The van der Waals surface area contributed by atoms with Crippen molar-refractivity contribution in [2.45, 2.75) is 20.0 Å². The van der Waals surface area contributed by atoms with Gasteiger partial charge in [0.1, 0.15) is 24.0 Å². The lowest BCUT2D eigenvalue weighted by Gasteiger charge is -2.10. The van der Waals surface area contributed by atoms with Gasteiger partial charge in [-0.1, -0.05) is 6.07 Å². The molecule has 1 aromatic carbocycles. The number of aromatic hydroxyl groups is 1. The number of methoxy groups -OCH3 is 2. The Morgan fingerprint density at radius 2 is 1.88 bits per heavy atom. The summed E-state index contributed by atoms with van der Waals surface area (Å²) in [6.45, 7) is 1.98. The number of aromatic nitrogens is 6. The highest BCUT2D eigenvalue weighted by molar-refractivity contribution is 5.43. The van der Waals surface area contributed by atoms with E-state index in [9.17, 15) is 5.11 Å². The van der Waals surface area contributed by atoms with Gasteiger partial charge in [-0.3, -0.25) is 4.98 Å². The van der Waals surface area contributed by atoms with E-state index in [0.717, 1.165) is 11.3 Å². The second-order valence-electron chi connectivity index (χ2n) is 7.07. The summed E-state index contributed by atoms with van der Waals surface area (Å²) < 4.78 is 17.7. The normalized spacial score (nSPS) is 10.8. The fourth-order valence-electron chi connectivity index (χ4n) is 3.15. The quantitative estimate of drug-likeness (QED) is 0.411. The van der Waals surface area contributed by atoms with E-state index in [2.05, 4.69) is 25.0 Å². The maximum absolute atomic E-state index is 9.84. The summed E-state index contributed by atoms with van der Waals surface area (Å²) in [6.07, 6.45) is 2.01. The molecule has 0 saturated carbocycles. The van der Waals surface area contributed by atoms with Crippen molar-refractivity contribution in [2.75, 3.05) is 20.0 Å². The standard InChI is InChI=1S/C22H23N7O4/c1-13-25-20(10-21(26-13)33-12-15-5-6-16(31-2)11-24-15)29-19(27-22(23)28-29)9-14-4-7-17(30)18(8-14)32-3/h4-8,10-11,30H,9,12H2,1-3H3,(H2,23,28). The summed E-state index contributed by atoms with van der Waals surface area (Å²) in [5.74, 6) is 3.08. The molecule has 0 unspecified atom stereocenters. The van der Waals surface area contributed by atoms with E-state index in [4.69, 9.17) is 19.9 Å². The topological polar surface area (TPSA) is 143 Å². The third-order valence-corrected chi connectivity index (χ3v) is 4.72. The first-order chi connectivity index (χ1) is 15.9.